The van der Waals surface area contributed by atoms with E-state index in [4.69, 9.17) is 0 Å². The first-order chi connectivity index (χ1) is 9.97. The predicted molar refractivity (Wildman–Crippen MR) is 75.0 cm³/mol. The number of aryl methyl sites for hydroxylation is 1. The third-order valence-electron chi connectivity index (χ3n) is 3.39. The van der Waals surface area contributed by atoms with Crippen molar-refractivity contribution in [2.75, 3.05) is 0 Å². The normalized spacial score (nSPS) is 22.2. The van der Waals surface area contributed by atoms with Gasteiger partial charge in [-0.3, -0.25) is 9.48 Å². The summed E-state index contributed by atoms with van der Waals surface area (Å²) in [6, 6.07) is 0. The summed E-state index contributed by atoms with van der Waals surface area (Å²) in [5.74, 6) is -0.991. The quantitative estimate of drug-likeness (QED) is 0.851. The van der Waals surface area contributed by atoms with Gasteiger partial charge in [0.2, 0.25) is 0 Å². The second kappa shape index (κ2) is 5.34. The molecule has 0 unspecified atom stereocenters. The second-order valence-electron chi connectivity index (χ2n) is 5.17. The van der Waals surface area contributed by atoms with Crippen molar-refractivity contribution in [3.8, 4) is 0 Å². The molecule has 1 amide bonds. The van der Waals surface area contributed by atoms with Gasteiger partial charge in [0.25, 0.3) is 11.6 Å². The van der Waals surface area contributed by atoms with Crippen LogP contribution >= 0.6 is 15.9 Å². The van der Waals surface area contributed by atoms with Crippen LogP contribution in [0.4, 0.5) is 13.2 Å². The molecule has 1 aromatic rings. The summed E-state index contributed by atoms with van der Waals surface area (Å²) in [5.41, 5.74) is -2.07. The van der Waals surface area contributed by atoms with E-state index in [9.17, 15) is 23.1 Å². The van der Waals surface area contributed by atoms with Gasteiger partial charge in [0, 0.05) is 12.1 Å². The van der Waals surface area contributed by atoms with Crippen LogP contribution < -0.4 is 0 Å². The molecule has 1 N–H and O–H groups in total. The van der Waals surface area contributed by atoms with Gasteiger partial charge >= 0.3 is 6.18 Å². The molecule has 0 fully saturated rings. The molecule has 122 valence electrons. The number of nitrogens with zero attached hydrogens (tertiary/aromatic N) is 4. The highest BCUT2D eigenvalue weighted by Crippen LogP contribution is 2.40. The lowest BCUT2D eigenvalue weighted by Crippen LogP contribution is -2.57. The first-order valence-corrected chi connectivity index (χ1v) is 7.12. The maximum Gasteiger partial charge on any atom is 0.438 e. The number of hydrazone groups is 1. The molecule has 2 heterocycles. The summed E-state index contributed by atoms with van der Waals surface area (Å²) in [6.45, 7) is 4.24. The number of amides is 1. The summed E-state index contributed by atoms with van der Waals surface area (Å²) < 4.78 is 41.1. The van der Waals surface area contributed by atoms with Crippen LogP contribution in [0.3, 0.4) is 0 Å². The van der Waals surface area contributed by atoms with E-state index in [1.165, 1.54) is 11.6 Å². The van der Waals surface area contributed by atoms with E-state index in [1.807, 2.05) is 0 Å². The number of aromatic nitrogens is 2. The van der Waals surface area contributed by atoms with Crippen LogP contribution in [0, 0.1) is 13.8 Å². The third kappa shape index (κ3) is 2.65. The van der Waals surface area contributed by atoms with E-state index in [2.05, 4.69) is 26.1 Å². The Morgan fingerprint density at radius 1 is 1.41 bits per heavy atom. The molecular formula is C12H14BrF3N4O2. The van der Waals surface area contributed by atoms with Crippen molar-refractivity contribution in [3.05, 3.63) is 15.9 Å². The number of alkyl halides is 3. The molecule has 6 nitrogen and oxygen atoms in total. The molecule has 1 aliphatic heterocycles. The van der Waals surface area contributed by atoms with E-state index in [0.29, 0.717) is 15.9 Å². The molecule has 1 atom stereocenters. The van der Waals surface area contributed by atoms with Gasteiger partial charge in [-0.15, -0.1) is 0 Å². The van der Waals surface area contributed by atoms with E-state index < -0.39 is 30.8 Å². The van der Waals surface area contributed by atoms with Gasteiger partial charge in [-0.2, -0.15) is 28.4 Å². The maximum absolute atomic E-state index is 13.1. The second-order valence-corrected chi connectivity index (χ2v) is 5.97. The molecular weight excluding hydrogens is 369 g/mol. The molecule has 0 radical (unpaired) electrons. The van der Waals surface area contributed by atoms with Crippen LogP contribution in [-0.4, -0.2) is 43.4 Å². The third-order valence-corrected chi connectivity index (χ3v) is 4.54. The Kier molecular flexibility index (Phi) is 4.11. The average molecular weight is 383 g/mol. The molecule has 0 aromatic carbocycles. The average Bonchev–Trinajstić information content (AvgIpc) is 2.82. The van der Waals surface area contributed by atoms with E-state index in [-0.39, 0.29) is 10.7 Å². The molecule has 0 saturated heterocycles. The highest BCUT2D eigenvalue weighted by atomic mass is 79.9. The molecule has 0 aliphatic carbocycles. The van der Waals surface area contributed by atoms with Crippen LogP contribution in [0.25, 0.3) is 0 Å². The van der Waals surface area contributed by atoms with Gasteiger partial charge < -0.3 is 5.11 Å². The number of rotatable bonds is 2. The Labute approximate surface area is 132 Å². The van der Waals surface area contributed by atoms with Crippen molar-refractivity contribution in [2.45, 2.75) is 45.6 Å². The van der Waals surface area contributed by atoms with Crippen molar-refractivity contribution in [3.63, 3.8) is 0 Å². The molecule has 2 rings (SSSR count). The topological polar surface area (TPSA) is 70.7 Å². The van der Waals surface area contributed by atoms with Gasteiger partial charge in [0.15, 0.2) is 0 Å². The van der Waals surface area contributed by atoms with Crippen molar-refractivity contribution < 1.29 is 23.1 Å². The van der Waals surface area contributed by atoms with E-state index in [1.54, 1.807) is 13.8 Å². The lowest BCUT2D eigenvalue weighted by molar-refractivity contribution is -0.302. The number of hydrogen-bond donors (Lipinski definition) is 1. The summed E-state index contributed by atoms with van der Waals surface area (Å²) in [5, 5.41) is 17.6. The SMILES string of the molecule is CC1=NN(C(=O)Cn2nc(C)c(Br)c2C)[C@@](O)(C(F)(F)F)C1. The zero-order valence-electron chi connectivity index (χ0n) is 12.1. The maximum atomic E-state index is 13.1. The molecule has 0 spiro atoms. The van der Waals surface area contributed by atoms with Crippen LogP contribution in [0.15, 0.2) is 9.57 Å². The number of carbonyl (C=O) groups excluding carboxylic acids is 1. The largest absolute Gasteiger partial charge is 0.438 e. The lowest BCUT2D eigenvalue weighted by Gasteiger charge is -2.32. The minimum absolute atomic E-state index is 0.0303. The van der Waals surface area contributed by atoms with Crippen molar-refractivity contribution >= 4 is 27.5 Å². The standard InChI is InChI=1S/C12H14BrF3N4O2/c1-6-4-11(22,12(14,15)16)20(17-6)9(21)5-19-8(3)10(13)7(2)18-19/h22H,4-5H2,1-3H3/t11-/m0/s1. The minimum Gasteiger partial charge on any atom is -0.362 e. The zero-order valence-corrected chi connectivity index (χ0v) is 13.7. The molecule has 1 aromatic heterocycles. The summed E-state index contributed by atoms with van der Waals surface area (Å²) >= 11 is 3.27. The fourth-order valence-electron chi connectivity index (χ4n) is 2.23. The Balaban J connectivity index is 2.30. The van der Waals surface area contributed by atoms with Crippen molar-refractivity contribution in [1.82, 2.24) is 14.8 Å². The minimum atomic E-state index is -5.00. The highest BCUT2D eigenvalue weighted by molar-refractivity contribution is 9.10. The van der Waals surface area contributed by atoms with Crippen LogP contribution in [0.1, 0.15) is 24.7 Å². The first kappa shape index (κ1) is 16.9. The molecule has 10 heteroatoms. The van der Waals surface area contributed by atoms with Gasteiger partial charge in [-0.1, -0.05) is 0 Å². The monoisotopic (exact) mass is 382 g/mol. The van der Waals surface area contributed by atoms with E-state index in [0.717, 1.165) is 0 Å². The smallest absolute Gasteiger partial charge is 0.362 e. The molecule has 0 saturated carbocycles. The fraction of sp³-hybridized carbons (Fsp3) is 0.583. The zero-order chi connectivity index (χ0) is 16.9. The molecule has 1 aliphatic rings. The van der Waals surface area contributed by atoms with Crippen molar-refractivity contribution in [2.24, 2.45) is 5.10 Å². The van der Waals surface area contributed by atoms with Crippen LogP contribution in [0.5, 0.6) is 0 Å². The summed E-state index contributed by atoms with van der Waals surface area (Å²) in [4.78, 5) is 12.2. The first-order valence-electron chi connectivity index (χ1n) is 6.33. The summed E-state index contributed by atoms with van der Waals surface area (Å²) in [7, 11) is 0. The Bertz CT molecular complexity index is 656. The Morgan fingerprint density at radius 2 is 2.00 bits per heavy atom. The van der Waals surface area contributed by atoms with Crippen molar-refractivity contribution in [1.29, 1.82) is 0 Å². The van der Waals surface area contributed by atoms with Crippen LogP contribution in [0.2, 0.25) is 0 Å². The van der Waals surface area contributed by atoms with Crippen LogP contribution in [-0.2, 0) is 11.3 Å². The number of halogens is 4. The molecule has 0 bridgehead atoms. The highest BCUT2D eigenvalue weighted by Gasteiger charge is 2.62. The predicted octanol–water partition coefficient (Wildman–Crippen LogP) is 2.12. The molecule has 22 heavy (non-hydrogen) atoms. The fourth-order valence-corrected chi connectivity index (χ4v) is 2.51. The lowest BCUT2D eigenvalue weighted by atomic mass is 10.1. The van der Waals surface area contributed by atoms with Gasteiger partial charge in [-0.25, -0.2) is 0 Å². The van der Waals surface area contributed by atoms with Gasteiger partial charge in [0.05, 0.1) is 15.9 Å². The van der Waals surface area contributed by atoms with Gasteiger partial charge in [0.1, 0.15) is 6.54 Å². The number of carbonyl (C=O) groups is 1. The number of aliphatic hydroxyl groups is 1. The Hall–Kier alpha value is -1.42. The Morgan fingerprint density at radius 3 is 2.45 bits per heavy atom. The summed E-state index contributed by atoms with van der Waals surface area (Å²) in [6.07, 6.45) is -5.76. The van der Waals surface area contributed by atoms with Gasteiger partial charge in [-0.05, 0) is 36.7 Å². The number of hydrogen-bond acceptors (Lipinski definition) is 4. The van der Waals surface area contributed by atoms with E-state index >= 15 is 0 Å².